The molecule has 1 aromatic carbocycles. The fourth-order valence-electron chi connectivity index (χ4n) is 3.50. The molecule has 6 heteroatoms. The van der Waals surface area contributed by atoms with E-state index >= 15 is 0 Å². The molecule has 3 rings (SSSR count). The maximum Gasteiger partial charge on any atom is 0.317 e. The van der Waals surface area contributed by atoms with Gasteiger partial charge in [-0.25, -0.2) is 0 Å². The number of carboxylic acid groups (broad SMARTS) is 1. The maximum atomic E-state index is 13.0. The highest BCUT2D eigenvalue weighted by Gasteiger charge is 2.27. The minimum Gasteiger partial charge on any atom is -0.492 e. The van der Waals surface area contributed by atoms with Crippen LogP contribution >= 0.6 is 0 Å². The highest BCUT2D eigenvalue weighted by atomic mass is 16.5. The Morgan fingerprint density at radius 2 is 1.96 bits per heavy atom. The first kappa shape index (κ1) is 18.7. The highest BCUT2D eigenvalue weighted by Crippen LogP contribution is 2.31. The Morgan fingerprint density at radius 1 is 1.19 bits per heavy atom. The van der Waals surface area contributed by atoms with Crippen molar-refractivity contribution < 1.29 is 19.4 Å². The molecule has 142 valence electrons. The van der Waals surface area contributed by atoms with Crippen molar-refractivity contribution in [3.8, 4) is 5.75 Å². The number of ether oxygens (including phenoxy) is 1. The Balaban J connectivity index is 1.62. The average molecular weight is 360 g/mol. The summed E-state index contributed by atoms with van der Waals surface area (Å²) in [7, 11) is 1.84. The van der Waals surface area contributed by atoms with Crippen LogP contribution in [0.1, 0.15) is 42.5 Å². The van der Waals surface area contributed by atoms with Crippen LogP contribution in [0.15, 0.2) is 24.3 Å². The van der Waals surface area contributed by atoms with Crippen LogP contribution in [0.4, 0.5) is 0 Å². The predicted molar refractivity (Wildman–Crippen MR) is 98.5 cm³/mol. The molecule has 1 unspecified atom stereocenters. The predicted octanol–water partition coefficient (Wildman–Crippen LogP) is 2.49. The van der Waals surface area contributed by atoms with Gasteiger partial charge in [-0.1, -0.05) is 12.1 Å². The van der Waals surface area contributed by atoms with Gasteiger partial charge >= 0.3 is 5.97 Å². The summed E-state index contributed by atoms with van der Waals surface area (Å²) in [6, 6.07) is 7.68. The Bertz CT molecular complexity index is 644. The summed E-state index contributed by atoms with van der Waals surface area (Å²) in [4.78, 5) is 27.7. The Hall–Kier alpha value is -2.08. The standard InChI is InChI=1S/C20H28N2O4/c1-21(13-19(23)24)16-5-4-11-22(12-10-16)20(25)17-6-2-3-7-18(17)26-14-15-8-9-15/h2-3,6-7,15-16H,4-5,8-14H2,1H3,(H,23,24). The van der Waals surface area contributed by atoms with E-state index in [1.807, 2.05) is 41.1 Å². The molecular formula is C20H28N2O4. The van der Waals surface area contributed by atoms with Crippen LogP contribution in [-0.2, 0) is 4.79 Å². The molecule has 26 heavy (non-hydrogen) atoms. The van der Waals surface area contributed by atoms with Gasteiger partial charge in [0.25, 0.3) is 5.91 Å². The SMILES string of the molecule is CN(CC(=O)O)C1CCCN(C(=O)c2ccccc2OCC2CC2)CC1. The number of hydrogen-bond acceptors (Lipinski definition) is 4. The topological polar surface area (TPSA) is 70.1 Å². The van der Waals surface area contributed by atoms with Gasteiger partial charge in [0.2, 0.25) is 0 Å². The summed E-state index contributed by atoms with van der Waals surface area (Å²) in [5, 5.41) is 8.98. The molecule has 0 bridgehead atoms. The molecule has 1 saturated carbocycles. The van der Waals surface area contributed by atoms with E-state index in [9.17, 15) is 9.59 Å². The number of hydrogen-bond donors (Lipinski definition) is 1. The highest BCUT2D eigenvalue weighted by molar-refractivity contribution is 5.97. The van der Waals surface area contributed by atoms with E-state index in [1.165, 1.54) is 12.8 Å². The fourth-order valence-corrected chi connectivity index (χ4v) is 3.50. The average Bonchev–Trinajstić information content (AvgIpc) is 3.45. The molecule has 2 aliphatic rings. The first-order chi connectivity index (χ1) is 12.5. The smallest absolute Gasteiger partial charge is 0.317 e. The fraction of sp³-hybridized carbons (Fsp3) is 0.600. The summed E-state index contributed by atoms with van der Waals surface area (Å²) in [6.45, 7) is 2.07. The van der Waals surface area contributed by atoms with Gasteiger partial charge in [0.05, 0.1) is 18.7 Å². The van der Waals surface area contributed by atoms with Crippen molar-refractivity contribution in [2.75, 3.05) is 33.3 Å². The lowest BCUT2D eigenvalue weighted by molar-refractivity contribution is -0.138. The molecule has 1 atom stereocenters. The lowest BCUT2D eigenvalue weighted by Gasteiger charge is -2.26. The third kappa shape index (κ3) is 4.97. The van der Waals surface area contributed by atoms with E-state index in [1.54, 1.807) is 0 Å². The zero-order chi connectivity index (χ0) is 18.5. The minimum absolute atomic E-state index is 0.0120. The van der Waals surface area contributed by atoms with Crippen molar-refractivity contribution in [1.29, 1.82) is 0 Å². The number of carboxylic acids is 1. The monoisotopic (exact) mass is 360 g/mol. The Labute approximate surface area is 154 Å². The third-order valence-electron chi connectivity index (χ3n) is 5.28. The zero-order valence-corrected chi connectivity index (χ0v) is 15.4. The first-order valence-corrected chi connectivity index (χ1v) is 9.47. The van der Waals surface area contributed by atoms with Gasteiger partial charge in [-0.05, 0) is 57.2 Å². The summed E-state index contributed by atoms with van der Waals surface area (Å²) in [6.07, 6.45) is 5.01. The van der Waals surface area contributed by atoms with Gasteiger partial charge in [0, 0.05) is 19.1 Å². The number of carbonyl (C=O) groups excluding carboxylic acids is 1. The maximum absolute atomic E-state index is 13.0. The quantitative estimate of drug-likeness (QED) is 0.809. The largest absolute Gasteiger partial charge is 0.492 e. The molecule has 1 heterocycles. The Morgan fingerprint density at radius 3 is 2.69 bits per heavy atom. The lowest BCUT2D eigenvalue weighted by Crippen LogP contribution is -2.37. The second-order valence-electron chi connectivity index (χ2n) is 7.44. The number of carbonyl (C=O) groups is 2. The second kappa shape index (κ2) is 8.54. The van der Waals surface area contributed by atoms with E-state index in [-0.39, 0.29) is 18.5 Å². The number of benzene rings is 1. The number of nitrogens with zero attached hydrogens (tertiary/aromatic N) is 2. The number of likely N-dealkylation sites (N-methyl/N-ethyl adjacent to an activating group) is 1. The van der Waals surface area contributed by atoms with Gasteiger partial charge in [0.1, 0.15) is 5.75 Å². The summed E-state index contributed by atoms with van der Waals surface area (Å²) in [5.74, 6) is 0.513. The third-order valence-corrected chi connectivity index (χ3v) is 5.28. The summed E-state index contributed by atoms with van der Waals surface area (Å²) < 4.78 is 5.89. The van der Waals surface area contributed by atoms with E-state index in [4.69, 9.17) is 9.84 Å². The van der Waals surface area contributed by atoms with Crippen LogP contribution in [0.2, 0.25) is 0 Å². The minimum atomic E-state index is -0.814. The lowest BCUT2D eigenvalue weighted by atomic mass is 10.1. The molecule has 1 saturated heterocycles. The molecule has 1 aliphatic heterocycles. The molecule has 1 N–H and O–H groups in total. The van der Waals surface area contributed by atoms with Crippen LogP contribution in [0, 0.1) is 5.92 Å². The molecule has 0 aromatic heterocycles. The van der Waals surface area contributed by atoms with Crippen molar-refractivity contribution in [2.24, 2.45) is 5.92 Å². The number of likely N-dealkylation sites (tertiary alicyclic amines) is 1. The first-order valence-electron chi connectivity index (χ1n) is 9.47. The van der Waals surface area contributed by atoms with E-state index < -0.39 is 5.97 Å². The van der Waals surface area contributed by atoms with Crippen LogP contribution in [0.3, 0.4) is 0 Å². The summed E-state index contributed by atoms with van der Waals surface area (Å²) in [5.41, 5.74) is 0.630. The van der Waals surface area contributed by atoms with Gasteiger partial charge in [-0.15, -0.1) is 0 Å². The molecule has 1 amide bonds. The number of aliphatic carboxylic acids is 1. The Kier molecular flexibility index (Phi) is 6.14. The van der Waals surface area contributed by atoms with Crippen LogP contribution in [0.25, 0.3) is 0 Å². The molecule has 0 radical (unpaired) electrons. The van der Waals surface area contributed by atoms with E-state index in [2.05, 4.69) is 0 Å². The van der Waals surface area contributed by atoms with Crippen molar-refractivity contribution >= 4 is 11.9 Å². The number of para-hydroxylation sites is 1. The summed E-state index contributed by atoms with van der Waals surface area (Å²) >= 11 is 0. The van der Waals surface area contributed by atoms with Gasteiger partial charge in [0.15, 0.2) is 0 Å². The zero-order valence-electron chi connectivity index (χ0n) is 15.4. The second-order valence-corrected chi connectivity index (χ2v) is 7.44. The molecule has 1 aliphatic carbocycles. The van der Waals surface area contributed by atoms with E-state index in [0.29, 0.717) is 36.9 Å². The normalized spacial score (nSPS) is 20.7. The number of rotatable bonds is 7. The molecule has 2 fully saturated rings. The van der Waals surface area contributed by atoms with E-state index in [0.717, 1.165) is 19.3 Å². The van der Waals surface area contributed by atoms with Crippen LogP contribution < -0.4 is 4.74 Å². The molecule has 1 aromatic rings. The van der Waals surface area contributed by atoms with Crippen LogP contribution in [0.5, 0.6) is 5.75 Å². The van der Waals surface area contributed by atoms with Crippen molar-refractivity contribution in [1.82, 2.24) is 9.80 Å². The molecule has 0 spiro atoms. The van der Waals surface area contributed by atoms with Gasteiger partial charge in [-0.2, -0.15) is 0 Å². The van der Waals surface area contributed by atoms with Crippen molar-refractivity contribution in [2.45, 2.75) is 38.1 Å². The number of amides is 1. The van der Waals surface area contributed by atoms with Crippen LogP contribution in [-0.4, -0.2) is 66.1 Å². The molecule has 6 nitrogen and oxygen atoms in total. The molecular weight excluding hydrogens is 332 g/mol. The van der Waals surface area contributed by atoms with Gasteiger partial charge in [-0.3, -0.25) is 14.5 Å². The van der Waals surface area contributed by atoms with Crippen molar-refractivity contribution in [3.05, 3.63) is 29.8 Å². The van der Waals surface area contributed by atoms with Gasteiger partial charge < -0.3 is 14.7 Å². The van der Waals surface area contributed by atoms with Crippen molar-refractivity contribution in [3.63, 3.8) is 0 Å².